The van der Waals surface area contributed by atoms with Crippen LogP contribution in [0, 0.1) is 12.7 Å². The van der Waals surface area contributed by atoms with Gasteiger partial charge in [0.2, 0.25) is 0 Å². The van der Waals surface area contributed by atoms with Crippen molar-refractivity contribution in [1.82, 2.24) is 30.5 Å². The van der Waals surface area contributed by atoms with E-state index in [1.54, 1.807) is 24.0 Å². The Kier molecular flexibility index (Phi) is 6.63. The SMILES string of the molecule is COc1ccc(-c2nn(-c3ccccc3C)cc2CNCCSc2cn[nH]n2)cc1F. The molecule has 0 aliphatic rings. The zero-order valence-electron chi connectivity index (χ0n) is 17.3. The Labute approximate surface area is 184 Å². The molecule has 31 heavy (non-hydrogen) atoms. The van der Waals surface area contributed by atoms with Crippen LogP contribution in [0.2, 0.25) is 0 Å². The van der Waals surface area contributed by atoms with E-state index in [0.29, 0.717) is 12.1 Å². The summed E-state index contributed by atoms with van der Waals surface area (Å²) in [5.74, 6) is 0.658. The van der Waals surface area contributed by atoms with Gasteiger partial charge in [0.1, 0.15) is 5.03 Å². The van der Waals surface area contributed by atoms with Gasteiger partial charge >= 0.3 is 0 Å². The van der Waals surface area contributed by atoms with Crippen LogP contribution in [0.25, 0.3) is 16.9 Å². The number of nitrogens with one attached hydrogen (secondary N) is 2. The number of aryl methyl sites for hydroxylation is 1. The first-order valence-corrected chi connectivity index (χ1v) is 10.8. The average Bonchev–Trinajstić information content (AvgIpc) is 3.44. The number of para-hydroxylation sites is 1. The minimum Gasteiger partial charge on any atom is -0.494 e. The van der Waals surface area contributed by atoms with Crippen molar-refractivity contribution in [3.05, 3.63) is 71.8 Å². The summed E-state index contributed by atoms with van der Waals surface area (Å²) in [7, 11) is 1.46. The van der Waals surface area contributed by atoms with Gasteiger partial charge in [-0.2, -0.15) is 15.4 Å². The zero-order valence-corrected chi connectivity index (χ0v) is 18.1. The van der Waals surface area contributed by atoms with Crippen molar-refractivity contribution >= 4 is 11.8 Å². The van der Waals surface area contributed by atoms with E-state index in [1.165, 1.54) is 13.2 Å². The van der Waals surface area contributed by atoms with Gasteiger partial charge in [-0.1, -0.05) is 18.2 Å². The number of H-pyrrole nitrogens is 1. The lowest BCUT2D eigenvalue weighted by molar-refractivity contribution is 0.386. The molecule has 4 rings (SSSR count). The third kappa shape index (κ3) is 4.95. The highest BCUT2D eigenvalue weighted by atomic mass is 32.2. The fraction of sp³-hybridized carbons (Fsp3) is 0.227. The molecule has 160 valence electrons. The second-order valence-corrected chi connectivity index (χ2v) is 8.03. The van der Waals surface area contributed by atoms with Gasteiger partial charge in [0, 0.05) is 36.2 Å². The standard InChI is InChI=1S/C22H23FN6OS/c1-15-5-3-4-6-19(15)29-14-17(12-24-9-10-31-21-13-25-28-26-21)22(27-29)16-7-8-20(30-2)18(23)11-16/h3-8,11,13-14,24H,9-10,12H2,1-2H3,(H,25,26,28). The number of aromatic amines is 1. The molecule has 4 aromatic rings. The fourth-order valence-electron chi connectivity index (χ4n) is 3.25. The molecular weight excluding hydrogens is 415 g/mol. The summed E-state index contributed by atoms with van der Waals surface area (Å²) < 4.78 is 21.3. The summed E-state index contributed by atoms with van der Waals surface area (Å²) in [6, 6.07) is 13.0. The van der Waals surface area contributed by atoms with E-state index in [2.05, 4.69) is 20.7 Å². The number of nitrogens with zero attached hydrogens (tertiary/aromatic N) is 4. The number of hydrogen-bond donors (Lipinski definition) is 2. The van der Waals surface area contributed by atoms with E-state index < -0.39 is 5.82 Å². The molecule has 0 fully saturated rings. The Hall–Kier alpha value is -3.17. The van der Waals surface area contributed by atoms with Crippen LogP contribution in [0.5, 0.6) is 5.75 Å². The third-order valence-corrected chi connectivity index (χ3v) is 5.72. The van der Waals surface area contributed by atoms with Crippen LogP contribution in [0.3, 0.4) is 0 Å². The topological polar surface area (TPSA) is 80.6 Å². The Balaban J connectivity index is 1.56. The Morgan fingerprint density at radius 3 is 2.84 bits per heavy atom. The molecule has 2 heterocycles. The summed E-state index contributed by atoms with van der Waals surface area (Å²) >= 11 is 1.62. The maximum atomic E-state index is 14.4. The number of halogens is 1. The van der Waals surface area contributed by atoms with Crippen molar-refractivity contribution < 1.29 is 9.13 Å². The van der Waals surface area contributed by atoms with Gasteiger partial charge in [-0.05, 0) is 36.8 Å². The van der Waals surface area contributed by atoms with Crippen molar-refractivity contribution in [3.8, 4) is 22.7 Å². The molecular formula is C22H23FN6OS. The Morgan fingerprint density at radius 2 is 2.10 bits per heavy atom. The first kappa shape index (κ1) is 21.1. The van der Waals surface area contributed by atoms with Gasteiger partial charge < -0.3 is 10.1 Å². The second kappa shape index (κ2) is 9.76. The van der Waals surface area contributed by atoms with Crippen LogP contribution in [-0.2, 0) is 6.54 Å². The predicted molar refractivity (Wildman–Crippen MR) is 119 cm³/mol. The molecule has 0 aliphatic heterocycles. The number of ether oxygens (including phenoxy) is 1. The largest absolute Gasteiger partial charge is 0.494 e. The van der Waals surface area contributed by atoms with E-state index in [1.807, 2.05) is 48.1 Å². The van der Waals surface area contributed by atoms with E-state index in [-0.39, 0.29) is 5.75 Å². The van der Waals surface area contributed by atoms with Crippen LogP contribution in [-0.4, -0.2) is 44.6 Å². The van der Waals surface area contributed by atoms with Gasteiger partial charge in [-0.3, -0.25) is 0 Å². The first-order valence-electron chi connectivity index (χ1n) is 9.83. The highest BCUT2D eigenvalue weighted by Gasteiger charge is 2.15. The number of rotatable bonds is 9. The van der Waals surface area contributed by atoms with Crippen LogP contribution < -0.4 is 10.1 Å². The van der Waals surface area contributed by atoms with Crippen LogP contribution >= 0.6 is 11.8 Å². The molecule has 2 aromatic carbocycles. The number of thioether (sulfide) groups is 1. The minimum absolute atomic E-state index is 0.214. The molecule has 9 heteroatoms. The average molecular weight is 439 g/mol. The molecule has 0 amide bonds. The molecule has 0 spiro atoms. The van der Waals surface area contributed by atoms with Crippen LogP contribution in [0.15, 0.2) is 59.9 Å². The lowest BCUT2D eigenvalue weighted by Crippen LogP contribution is -2.16. The molecule has 2 aromatic heterocycles. The molecule has 0 radical (unpaired) electrons. The summed E-state index contributed by atoms with van der Waals surface area (Å²) in [5, 5.41) is 19.5. The number of hydrogen-bond acceptors (Lipinski definition) is 6. The Bertz CT molecular complexity index is 1140. The fourth-order valence-corrected chi connectivity index (χ4v) is 3.94. The van der Waals surface area contributed by atoms with E-state index in [0.717, 1.165) is 39.8 Å². The predicted octanol–water partition coefficient (Wildman–Crippen LogP) is 4.00. The summed E-state index contributed by atoms with van der Waals surface area (Å²) in [6.45, 7) is 3.43. The number of methoxy groups -OCH3 is 1. The van der Waals surface area contributed by atoms with E-state index >= 15 is 0 Å². The normalized spacial score (nSPS) is 11.1. The van der Waals surface area contributed by atoms with Crippen molar-refractivity contribution in [2.45, 2.75) is 18.5 Å². The first-order chi connectivity index (χ1) is 15.2. The highest BCUT2D eigenvalue weighted by Crippen LogP contribution is 2.28. The van der Waals surface area contributed by atoms with Crippen molar-refractivity contribution in [3.63, 3.8) is 0 Å². The van der Waals surface area contributed by atoms with Gasteiger partial charge in [0.15, 0.2) is 11.6 Å². The molecule has 0 unspecified atom stereocenters. The van der Waals surface area contributed by atoms with Gasteiger partial charge in [-0.15, -0.1) is 16.9 Å². The smallest absolute Gasteiger partial charge is 0.165 e. The quantitative estimate of drug-likeness (QED) is 0.304. The van der Waals surface area contributed by atoms with Crippen LogP contribution in [0.1, 0.15) is 11.1 Å². The molecule has 7 nitrogen and oxygen atoms in total. The van der Waals surface area contributed by atoms with Gasteiger partial charge in [0.25, 0.3) is 0 Å². The highest BCUT2D eigenvalue weighted by molar-refractivity contribution is 7.99. The summed E-state index contributed by atoms with van der Waals surface area (Å²) in [6.07, 6.45) is 3.70. The van der Waals surface area contributed by atoms with E-state index in [9.17, 15) is 4.39 Å². The summed E-state index contributed by atoms with van der Waals surface area (Å²) in [4.78, 5) is 0. The van der Waals surface area contributed by atoms with Gasteiger partial charge in [0.05, 0.1) is 24.7 Å². The lowest BCUT2D eigenvalue weighted by atomic mass is 10.1. The molecule has 0 atom stereocenters. The maximum Gasteiger partial charge on any atom is 0.165 e. The minimum atomic E-state index is -0.409. The zero-order chi connectivity index (χ0) is 21.6. The van der Waals surface area contributed by atoms with E-state index in [4.69, 9.17) is 9.84 Å². The van der Waals surface area contributed by atoms with Crippen molar-refractivity contribution in [2.24, 2.45) is 0 Å². The summed E-state index contributed by atoms with van der Waals surface area (Å²) in [5.41, 5.74) is 4.53. The molecule has 0 aliphatic carbocycles. The number of benzene rings is 2. The Morgan fingerprint density at radius 1 is 1.23 bits per heavy atom. The second-order valence-electron chi connectivity index (χ2n) is 6.92. The number of aromatic nitrogens is 5. The van der Waals surface area contributed by atoms with Crippen molar-refractivity contribution in [2.75, 3.05) is 19.4 Å². The molecule has 0 saturated carbocycles. The maximum absolute atomic E-state index is 14.4. The van der Waals surface area contributed by atoms with Crippen molar-refractivity contribution in [1.29, 1.82) is 0 Å². The monoisotopic (exact) mass is 438 g/mol. The van der Waals surface area contributed by atoms with Crippen LogP contribution in [0.4, 0.5) is 4.39 Å². The molecule has 2 N–H and O–H groups in total. The molecule has 0 saturated heterocycles. The third-order valence-electron chi connectivity index (χ3n) is 4.81. The molecule has 0 bridgehead atoms. The lowest BCUT2D eigenvalue weighted by Gasteiger charge is -2.07. The van der Waals surface area contributed by atoms with Gasteiger partial charge in [-0.25, -0.2) is 9.07 Å².